The van der Waals surface area contributed by atoms with Crippen LogP contribution < -0.4 is 16.0 Å². The second kappa shape index (κ2) is 6.95. The summed E-state index contributed by atoms with van der Waals surface area (Å²) in [5, 5.41) is 4.03. The van der Waals surface area contributed by atoms with Gasteiger partial charge in [-0.05, 0) is 44.0 Å². The number of carbonyl (C=O) groups is 1. The molecular weight excluding hydrogens is 274 g/mol. The summed E-state index contributed by atoms with van der Waals surface area (Å²) in [7, 11) is 0. The minimum absolute atomic E-state index is 0.428. The lowest BCUT2D eigenvalue weighted by molar-refractivity contribution is 0.100. The van der Waals surface area contributed by atoms with E-state index in [9.17, 15) is 4.79 Å². The number of benzene rings is 1. The van der Waals surface area contributed by atoms with Gasteiger partial charge in [-0.15, -0.1) is 0 Å². The minimum Gasteiger partial charge on any atom is -0.369 e. The number of nitrogens with two attached hydrogens (primary N) is 1. The number of primary amides is 1. The van der Waals surface area contributed by atoms with E-state index in [0.29, 0.717) is 16.6 Å². The summed E-state index contributed by atoms with van der Waals surface area (Å²) >= 11 is 5.97. The van der Waals surface area contributed by atoms with Crippen molar-refractivity contribution in [1.29, 1.82) is 0 Å². The number of hydrogen-bond donors (Lipinski definition) is 2. The number of hydrogen-bond acceptors (Lipinski definition) is 3. The first-order chi connectivity index (χ1) is 9.61. The van der Waals surface area contributed by atoms with Crippen LogP contribution >= 0.6 is 11.6 Å². The SMILES string of the molecule is CCCN(CC1CCCN1)c1ccc(Cl)cc1C(N)=O. The van der Waals surface area contributed by atoms with Crippen LogP contribution in [0.1, 0.15) is 36.5 Å². The Labute approximate surface area is 125 Å². The van der Waals surface area contributed by atoms with Crippen molar-refractivity contribution in [3.8, 4) is 0 Å². The highest BCUT2D eigenvalue weighted by molar-refractivity contribution is 6.31. The monoisotopic (exact) mass is 295 g/mol. The van der Waals surface area contributed by atoms with Gasteiger partial charge in [-0.3, -0.25) is 4.79 Å². The smallest absolute Gasteiger partial charge is 0.250 e. The number of carbonyl (C=O) groups excluding carboxylic acids is 1. The largest absolute Gasteiger partial charge is 0.369 e. The topological polar surface area (TPSA) is 58.4 Å². The number of nitrogens with one attached hydrogen (secondary N) is 1. The van der Waals surface area contributed by atoms with Crippen LogP contribution in [-0.2, 0) is 0 Å². The summed E-state index contributed by atoms with van der Waals surface area (Å²) in [4.78, 5) is 13.9. The average Bonchev–Trinajstić information content (AvgIpc) is 2.91. The van der Waals surface area contributed by atoms with E-state index in [4.69, 9.17) is 17.3 Å². The molecule has 1 amide bonds. The maximum atomic E-state index is 11.6. The van der Waals surface area contributed by atoms with E-state index in [1.165, 1.54) is 12.8 Å². The molecule has 110 valence electrons. The number of nitrogens with zero attached hydrogens (tertiary/aromatic N) is 1. The molecule has 4 nitrogen and oxygen atoms in total. The van der Waals surface area contributed by atoms with Crippen molar-refractivity contribution in [2.45, 2.75) is 32.2 Å². The van der Waals surface area contributed by atoms with Gasteiger partial charge in [0.05, 0.1) is 5.56 Å². The fourth-order valence-electron chi connectivity index (χ4n) is 2.74. The number of halogens is 1. The van der Waals surface area contributed by atoms with Crippen LogP contribution in [0.5, 0.6) is 0 Å². The summed E-state index contributed by atoms with van der Waals surface area (Å²) in [5.74, 6) is -0.428. The third-order valence-electron chi connectivity index (χ3n) is 3.66. The summed E-state index contributed by atoms with van der Waals surface area (Å²) < 4.78 is 0. The lowest BCUT2D eigenvalue weighted by atomic mass is 10.1. The van der Waals surface area contributed by atoms with Crippen molar-refractivity contribution in [1.82, 2.24) is 5.32 Å². The Balaban J connectivity index is 2.25. The van der Waals surface area contributed by atoms with Crippen molar-refractivity contribution in [2.24, 2.45) is 5.73 Å². The number of rotatable bonds is 6. The normalized spacial score (nSPS) is 18.2. The lowest BCUT2D eigenvalue weighted by Crippen LogP contribution is -2.39. The van der Waals surface area contributed by atoms with Gasteiger partial charge in [0.1, 0.15) is 0 Å². The highest BCUT2D eigenvalue weighted by atomic mass is 35.5. The minimum atomic E-state index is -0.428. The zero-order valence-corrected chi connectivity index (χ0v) is 12.6. The van der Waals surface area contributed by atoms with Crippen LogP contribution in [0.15, 0.2) is 18.2 Å². The standard InChI is InChI=1S/C15H22ClN3O/c1-2-8-19(10-12-4-3-7-18-12)14-6-5-11(16)9-13(14)15(17)20/h5-6,9,12,18H,2-4,7-8,10H2,1H3,(H2,17,20). The molecule has 1 heterocycles. The molecule has 3 N–H and O–H groups in total. The second-order valence-corrected chi connectivity index (χ2v) is 5.70. The Morgan fingerprint density at radius 3 is 2.95 bits per heavy atom. The van der Waals surface area contributed by atoms with E-state index >= 15 is 0 Å². The van der Waals surface area contributed by atoms with Crippen LogP contribution in [-0.4, -0.2) is 31.6 Å². The maximum absolute atomic E-state index is 11.6. The molecule has 1 aliphatic heterocycles. The van der Waals surface area contributed by atoms with E-state index < -0.39 is 5.91 Å². The maximum Gasteiger partial charge on any atom is 0.250 e. The summed E-state index contributed by atoms with van der Waals surface area (Å²) in [6.45, 7) is 5.01. The molecule has 1 fully saturated rings. The van der Waals surface area contributed by atoms with Crippen molar-refractivity contribution in [3.05, 3.63) is 28.8 Å². The summed E-state index contributed by atoms with van der Waals surface area (Å²) in [6.07, 6.45) is 3.42. The van der Waals surface area contributed by atoms with Crippen LogP contribution in [0.3, 0.4) is 0 Å². The van der Waals surface area contributed by atoms with Gasteiger partial charge in [0, 0.05) is 29.8 Å². The molecule has 0 bridgehead atoms. The summed E-state index contributed by atoms with van der Waals surface area (Å²) in [6, 6.07) is 5.85. The molecule has 1 aromatic carbocycles. The Morgan fingerprint density at radius 2 is 2.35 bits per heavy atom. The van der Waals surface area contributed by atoms with E-state index in [0.717, 1.165) is 31.7 Å². The van der Waals surface area contributed by atoms with Crippen molar-refractivity contribution in [2.75, 3.05) is 24.5 Å². The highest BCUT2D eigenvalue weighted by Crippen LogP contribution is 2.25. The average molecular weight is 296 g/mol. The fraction of sp³-hybridized carbons (Fsp3) is 0.533. The molecule has 0 aromatic heterocycles. The molecule has 1 aromatic rings. The second-order valence-electron chi connectivity index (χ2n) is 5.27. The third-order valence-corrected chi connectivity index (χ3v) is 3.90. The molecule has 20 heavy (non-hydrogen) atoms. The van der Waals surface area contributed by atoms with Crippen LogP contribution in [0.4, 0.5) is 5.69 Å². The van der Waals surface area contributed by atoms with E-state index in [2.05, 4.69) is 17.1 Å². The molecule has 0 spiro atoms. The molecule has 1 aliphatic rings. The summed E-state index contributed by atoms with van der Waals surface area (Å²) in [5.41, 5.74) is 6.88. The predicted octanol–water partition coefficient (Wildman–Crippen LogP) is 2.41. The van der Waals surface area contributed by atoms with Crippen LogP contribution in [0, 0.1) is 0 Å². The fourth-order valence-corrected chi connectivity index (χ4v) is 2.91. The van der Waals surface area contributed by atoms with E-state index in [1.54, 1.807) is 6.07 Å². The van der Waals surface area contributed by atoms with Gasteiger partial charge in [0.15, 0.2) is 0 Å². The Kier molecular flexibility index (Phi) is 5.26. The Bertz CT molecular complexity index is 472. The number of anilines is 1. The van der Waals surface area contributed by atoms with Gasteiger partial charge in [-0.25, -0.2) is 0 Å². The van der Waals surface area contributed by atoms with Gasteiger partial charge in [-0.2, -0.15) is 0 Å². The molecule has 0 aliphatic carbocycles. The molecule has 1 unspecified atom stereocenters. The van der Waals surface area contributed by atoms with Gasteiger partial charge < -0.3 is 16.0 Å². The zero-order chi connectivity index (χ0) is 14.5. The van der Waals surface area contributed by atoms with E-state index in [-0.39, 0.29) is 0 Å². The lowest BCUT2D eigenvalue weighted by Gasteiger charge is -2.29. The van der Waals surface area contributed by atoms with Gasteiger partial charge in [-0.1, -0.05) is 18.5 Å². The zero-order valence-electron chi connectivity index (χ0n) is 11.9. The number of amides is 1. The molecule has 1 saturated heterocycles. The molecule has 5 heteroatoms. The van der Waals surface area contributed by atoms with Gasteiger partial charge in [0.2, 0.25) is 0 Å². The van der Waals surface area contributed by atoms with Crippen LogP contribution in [0.2, 0.25) is 5.02 Å². The quantitative estimate of drug-likeness (QED) is 0.847. The first-order valence-electron chi connectivity index (χ1n) is 7.19. The molecule has 2 rings (SSSR count). The molecule has 0 saturated carbocycles. The van der Waals surface area contributed by atoms with Crippen molar-refractivity contribution in [3.63, 3.8) is 0 Å². The highest BCUT2D eigenvalue weighted by Gasteiger charge is 2.20. The van der Waals surface area contributed by atoms with E-state index in [1.807, 2.05) is 12.1 Å². The first-order valence-corrected chi connectivity index (χ1v) is 7.57. The Hall–Kier alpha value is -1.26. The van der Waals surface area contributed by atoms with Crippen LogP contribution in [0.25, 0.3) is 0 Å². The first kappa shape index (κ1) is 15.1. The predicted molar refractivity (Wildman–Crippen MR) is 83.5 cm³/mol. The molecular formula is C15H22ClN3O. The Morgan fingerprint density at radius 1 is 1.55 bits per heavy atom. The van der Waals surface area contributed by atoms with Gasteiger partial charge in [0.25, 0.3) is 5.91 Å². The molecule has 0 radical (unpaired) electrons. The van der Waals surface area contributed by atoms with Crippen molar-refractivity contribution < 1.29 is 4.79 Å². The van der Waals surface area contributed by atoms with Crippen molar-refractivity contribution >= 4 is 23.2 Å². The third kappa shape index (κ3) is 3.64. The van der Waals surface area contributed by atoms with Gasteiger partial charge >= 0.3 is 0 Å². The molecule has 1 atom stereocenters.